The normalized spacial score (nSPS) is 9.93. The van der Waals surface area contributed by atoms with E-state index in [4.69, 9.17) is 11.6 Å². The highest BCUT2D eigenvalue weighted by Crippen LogP contribution is 2.34. The molecule has 0 unspecified atom stereocenters. The molecule has 0 aromatic heterocycles. The maximum absolute atomic E-state index is 11.0. The minimum absolute atomic E-state index is 0.0620. The van der Waals surface area contributed by atoms with Gasteiger partial charge in [-0.1, -0.05) is 17.7 Å². The van der Waals surface area contributed by atoms with Crippen LogP contribution in [0, 0.1) is 0 Å². The fourth-order valence-electron chi connectivity index (χ4n) is 0.947. The Morgan fingerprint density at radius 1 is 1.64 bits per heavy atom. The summed E-state index contributed by atoms with van der Waals surface area (Å²) < 4.78 is 4.93. The van der Waals surface area contributed by atoms with Gasteiger partial charge in [0.25, 0.3) is 0 Å². The lowest BCUT2D eigenvalue weighted by molar-refractivity contribution is -0.139. The third-order valence-corrected chi connectivity index (χ3v) is 2.90. The molecule has 1 aromatic rings. The van der Waals surface area contributed by atoms with Gasteiger partial charge in [-0.05, 0) is 27.6 Å². The number of rotatable bonds is 2. The molecule has 0 saturated carbocycles. The number of phenols is 1. The molecule has 14 heavy (non-hydrogen) atoms. The predicted molar refractivity (Wildman–Crippen MR) is 56.5 cm³/mol. The number of hydrogen-bond donors (Lipinski definition) is 1. The van der Waals surface area contributed by atoms with E-state index in [1.54, 1.807) is 6.07 Å². The first-order valence-corrected chi connectivity index (χ1v) is 4.96. The van der Waals surface area contributed by atoms with Crippen molar-refractivity contribution in [2.45, 2.75) is 6.42 Å². The van der Waals surface area contributed by atoms with Crippen LogP contribution in [0.3, 0.4) is 0 Å². The van der Waals surface area contributed by atoms with Crippen LogP contribution in [0.5, 0.6) is 5.75 Å². The van der Waals surface area contributed by atoms with Crippen molar-refractivity contribution in [3.05, 3.63) is 27.2 Å². The average molecular weight is 280 g/mol. The second-order valence-corrected chi connectivity index (χ2v) is 3.82. The van der Waals surface area contributed by atoms with Crippen LogP contribution in [-0.2, 0) is 16.0 Å². The van der Waals surface area contributed by atoms with E-state index < -0.39 is 0 Å². The number of carbonyl (C=O) groups excluding carboxylic acids is 1. The number of hydrogen-bond acceptors (Lipinski definition) is 3. The molecule has 0 aliphatic rings. The summed E-state index contributed by atoms with van der Waals surface area (Å²) in [5, 5.41) is 9.68. The molecule has 0 spiro atoms. The van der Waals surface area contributed by atoms with Crippen molar-refractivity contribution < 1.29 is 14.6 Å². The van der Waals surface area contributed by atoms with Crippen LogP contribution in [0.4, 0.5) is 0 Å². The molecule has 76 valence electrons. The summed E-state index contributed by atoms with van der Waals surface area (Å²) >= 11 is 8.81. The number of carbonyl (C=O) groups is 1. The Morgan fingerprint density at radius 2 is 2.29 bits per heavy atom. The highest BCUT2D eigenvalue weighted by molar-refractivity contribution is 9.10. The molecular weight excluding hydrogens is 271 g/mol. The Hall–Kier alpha value is -0.740. The molecule has 0 heterocycles. The zero-order chi connectivity index (χ0) is 10.7. The molecule has 1 rings (SSSR count). The lowest BCUT2D eigenvalue weighted by Gasteiger charge is -2.06. The monoisotopic (exact) mass is 278 g/mol. The molecule has 1 aromatic carbocycles. The molecular formula is C9H8BrClO3. The van der Waals surface area contributed by atoms with Crippen molar-refractivity contribution in [2.75, 3.05) is 7.11 Å². The van der Waals surface area contributed by atoms with E-state index >= 15 is 0 Å². The van der Waals surface area contributed by atoms with E-state index in [0.29, 0.717) is 10.0 Å². The second kappa shape index (κ2) is 4.66. The lowest BCUT2D eigenvalue weighted by atomic mass is 10.1. The number of methoxy groups -OCH3 is 1. The van der Waals surface area contributed by atoms with E-state index in [2.05, 4.69) is 20.7 Å². The second-order valence-electron chi connectivity index (χ2n) is 2.62. The molecule has 0 radical (unpaired) electrons. The van der Waals surface area contributed by atoms with Crippen LogP contribution in [0.25, 0.3) is 0 Å². The van der Waals surface area contributed by atoms with Crippen LogP contribution in [0.1, 0.15) is 5.56 Å². The Labute approximate surface area is 94.8 Å². The summed E-state index contributed by atoms with van der Waals surface area (Å²) in [5.41, 5.74) is 0.638. The van der Waals surface area contributed by atoms with E-state index in [9.17, 15) is 9.90 Å². The van der Waals surface area contributed by atoms with Crippen LogP contribution < -0.4 is 0 Å². The van der Waals surface area contributed by atoms with Crippen molar-refractivity contribution >= 4 is 33.5 Å². The molecule has 3 nitrogen and oxygen atoms in total. The average Bonchev–Trinajstić information content (AvgIpc) is 2.19. The van der Waals surface area contributed by atoms with E-state index in [0.717, 1.165) is 0 Å². The van der Waals surface area contributed by atoms with Gasteiger partial charge in [0.15, 0.2) is 0 Å². The first-order valence-electron chi connectivity index (χ1n) is 3.79. The first kappa shape index (κ1) is 11.3. The molecule has 0 fully saturated rings. The zero-order valence-corrected chi connectivity index (χ0v) is 9.72. The van der Waals surface area contributed by atoms with Crippen LogP contribution >= 0.6 is 27.5 Å². The van der Waals surface area contributed by atoms with Crippen molar-refractivity contribution in [2.24, 2.45) is 0 Å². The van der Waals surface area contributed by atoms with Gasteiger partial charge in [0.05, 0.1) is 23.0 Å². The SMILES string of the molecule is COC(=O)Cc1ccc(Cl)c(O)c1Br. The predicted octanol–water partition coefficient (Wildman–Crippen LogP) is 2.52. The summed E-state index contributed by atoms with van der Waals surface area (Å²) in [6, 6.07) is 3.18. The number of halogens is 2. The molecule has 0 aliphatic carbocycles. The van der Waals surface area contributed by atoms with Crippen molar-refractivity contribution in [1.29, 1.82) is 0 Å². The topological polar surface area (TPSA) is 46.5 Å². The van der Waals surface area contributed by atoms with Gasteiger partial charge in [-0.15, -0.1) is 0 Å². The van der Waals surface area contributed by atoms with E-state index in [1.165, 1.54) is 13.2 Å². The highest BCUT2D eigenvalue weighted by atomic mass is 79.9. The minimum atomic E-state index is -0.368. The van der Waals surface area contributed by atoms with Gasteiger partial charge < -0.3 is 9.84 Å². The number of benzene rings is 1. The van der Waals surface area contributed by atoms with Gasteiger partial charge in [0.2, 0.25) is 0 Å². The van der Waals surface area contributed by atoms with E-state index in [1.807, 2.05) is 0 Å². The summed E-state index contributed by atoms with van der Waals surface area (Å²) in [4.78, 5) is 11.0. The molecule has 0 bridgehead atoms. The Balaban J connectivity index is 3.00. The van der Waals surface area contributed by atoms with Crippen molar-refractivity contribution in [1.82, 2.24) is 0 Å². The maximum atomic E-state index is 11.0. The zero-order valence-electron chi connectivity index (χ0n) is 7.38. The third-order valence-electron chi connectivity index (χ3n) is 1.71. The molecule has 5 heteroatoms. The number of phenolic OH excluding ortho intramolecular Hbond substituents is 1. The fourth-order valence-corrected chi connectivity index (χ4v) is 1.70. The van der Waals surface area contributed by atoms with E-state index in [-0.39, 0.29) is 23.2 Å². The Kier molecular flexibility index (Phi) is 3.77. The van der Waals surface area contributed by atoms with Gasteiger partial charge in [0, 0.05) is 0 Å². The van der Waals surface area contributed by atoms with Gasteiger partial charge in [-0.3, -0.25) is 4.79 Å². The maximum Gasteiger partial charge on any atom is 0.310 e. The van der Waals surface area contributed by atoms with Crippen molar-refractivity contribution in [3.63, 3.8) is 0 Å². The third kappa shape index (κ3) is 2.39. The lowest BCUT2D eigenvalue weighted by Crippen LogP contribution is -2.04. The van der Waals surface area contributed by atoms with Crippen LogP contribution in [-0.4, -0.2) is 18.2 Å². The molecule has 0 saturated heterocycles. The summed E-state index contributed by atoms with van der Waals surface area (Å²) in [6.45, 7) is 0. The Morgan fingerprint density at radius 3 is 2.86 bits per heavy atom. The van der Waals surface area contributed by atoms with Crippen molar-refractivity contribution in [3.8, 4) is 5.75 Å². The molecule has 1 N–H and O–H groups in total. The summed E-state index contributed by atoms with van der Waals surface area (Å²) in [6.07, 6.45) is 0.0990. The molecule has 0 aliphatic heterocycles. The molecule has 0 atom stereocenters. The van der Waals surface area contributed by atoms with Gasteiger partial charge >= 0.3 is 5.97 Å². The van der Waals surface area contributed by atoms with Gasteiger partial charge in [-0.2, -0.15) is 0 Å². The minimum Gasteiger partial charge on any atom is -0.505 e. The summed E-state index contributed by atoms with van der Waals surface area (Å²) in [5.74, 6) is -0.430. The molecule has 0 amide bonds. The fraction of sp³-hybridized carbons (Fsp3) is 0.222. The standard InChI is InChI=1S/C9H8BrClO3/c1-14-7(12)4-5-2-3-6(11)9(13)8(5)10/h2-3,13H,4H2,1H3. The Bertz CT molecular complexity index is 365. The number of ether oxygens (including phenoxy) is 1. The van der Waals surface area contributed by atoms with Crippen LogP contribution in [0.15, 0.2) is 16.6 Å². The smallest absolute Gasteiger partial charge is 0.310 e. The number of esters is 1. The quantitative estimate of drug-likeness (QED) is 0.846. The van der Waals surface area contributed by atoms with Gasteiger partial charge in [-0.25, -0.2) is 0 Å². The largest absolute Gasteiger partial charge is 0.505 e. The number of aromatic hydroxyl groups is 1. The summed E-state index contributed by atoms with van der Waals surface area (Å²) in [7, 11) is 1.31. The van der Waals surface area contributed by atoms with Crippen LogP contribution in [0.2, 0.25) is 5.02 Å². The first-order chi connectivity index (χ1) is 6.56. The highest BCUT2D eigenvalue weighted by Gasteiger charge is 2.12. The van der Waals surface area contributed by atoms with Gasteiger partial charge in [0.1, 0.15) is 5.75 Å².